The van der Waals surface area contributed by atoms with Crippen LogP contribution in [0, 0.1) is 0 Å². The zero-order valence-corrected chi connectivity index (χ0v) is 10.1. The van der Waals surface area contributed by atoms with Gasteiger partial charge in [-0.3, -0.25) is 4.79 Å². The lowest BCUT2D eigenvalue weighted by atomic mass is 10.6. The molecule has 0 heterocycles. The van der Waals surface area contributed by atoms with Crippen molar-refractivity contribution in [3.05, 3.63) is 12.7 Å². The highest BCUT2D eigenvalue weighted by atomic mass is 28.4. The third kappa shape index (κ3) is 5.16. The Hall–Kier alpha value is -0.653. The van der Waals surface area contributed by atoms with Crippen molar-refractivity contribution in [1.82, 2.24) is 5.32 Å². The summed E-state index contributed by atoms with van der Waals surface area (Å²) in [6.45, 7) is 10.3. The maximum atomic E-state index is 10.9. The van der Waals surface area contributed by atoms with Gasteiger partial charge in [-0.25, -0.2) is 0 Å². The van der Waals surface area contributed by atoms with E-state index in [4.69, 9.17) is 8.85 Å². The maximum Gasteiger partial charge on any atom is 0.354 e. The van der Waals surface area contributed by atoms with Crippen LogP contribution in [0.25, 0.3) is 0 Å². The Kier molecular flexibility index (Phi) is 6.43. The van der Waals surface area contributed by atoms with Crippen LogP contribution in [0.1, 0.15) is 13.8 Å². The Morgan fingerprint density at radius 2 is 1.93 bits per heavy atom. The van der Waals surface area contributed by atoms with E-state index in [0.717, 1.165) is 0 Å². The summed E-state index contributed by atoms with van der Waals surface area (Å²) in [6, 6.07) is 0. The number of amides is 1. The predicted molar refractivity (Wildman–Crippen MR) is 58.1 cm³/mol. The summed E-state index contributed by atoms with van der Waals surface area (Å²) in [5.41, 5.74) is 0. The molecule has 0 aromatic heterocycles. The molecular formula is C9H19NO3Si. The molecule has 0 aromatic carbocycles. The van der Waals surface area contributed by atoms with Crippen molar-refractivity contribution in [1.29, 1.82) is 0 Å². The molecule has 0 fully saturated rings. The molecule has 0 spiro atoms. The third-order valence-corrected chi connectivity index (χ3v) is 4.29. The minimum atomic E-state index is -2.21. The van der Waals surface area contributed by atoms with Crippen molar-refractivity contribution in [3.63, 3.8) is 0 Å². The van der Waals surface area contributed by atoms with E-state index >= 15 is 0 Å². The number of hydrogen-bond acceptors (Lipinski definition) is 3. The first-order valence-electron chi connectivity index (χ1n) is 4.76. The van der Waals surface area contributed by atoms with Gasteiger partial charge < -0.3 is 14.2 Å². The number of rotatable bonds is 7. The van der Waals surface area contributed by atoms with E-state index in [9.17, 15) is 4.79 Å². The number of carbonyl (C=O) groups excluding carboxylic acids is 1. The topological polar surface area (TPSA) is 47.6 Å². The van der Waals surface area contributed by atoms with Crippen molar-refractivity contribution in [3.8, 4) is 0 Å². The molecule has 0 radical (unpaired) electrons. The van der Waals surface area contributed by atoms with Crippen molar-refractivity contribution >= 4 is 14.5 Å². The van der Waals surface area contributed by atoms with Crippen LogP contribution in [0.2, 0.25) is 6.55 Å². The quantitative estimate of drug-likeness (QED) is 0.510. The summed E-state index contributed by atoms with van der Waals surface area (Å²) in [6.07, 6.45) is 1.70. The van der Waals surface area contributed by atoms with Crippen molar-refractivity contribution < 1.29 is 13.6 Å². The zero-order chi connectivity index (χ0) is 11.0. The van der Waals surface area contributed by atoms with Crippen LogP contribution in [-0.2, 0) is 13.6 Å². The highest BCUT2D eigenvalue weighted by molar-refractivity contribution is 6.66. The van der Waals surface area contributed by atoms with Crippen LogP contribution in [0.3, 0.4) is 0 Å². The number of carbonyl (C=O) groups is 1. The fraction of sp³-hybridized carbons (Fsp3) is 0.667. The van der Waals surface area contributed by atoms with Crippen molar-refractivity contribution in [2.75, 3.05) is 19.4 Å². The maximum absolute atomic E-state index is 10.9. The number of hydrogen-bond donors (Lipinski definition) is 1. The Labute approximate surface area is 86.5 Å². The standard InChI is InChI=1S/C9H19NO3Si/c1-5-9(11)10-8-14(4,12-6-2)13-7-3/h5H,1,6-8H2,2-4H3,(H,10,11). The van der Waals surface area contributed by atoms with Crippen LogP contribution >= 0.6 is 0 Å². The van der Waals surface area contributed by atoms with E-state index in [1.165, 1.54) is 6.08 Å². The molecule has 14 heavy (non-hydrogen) atoms. The lowest BCUT2D eigenvalue weighted by molar-refractivity contribution is -0.116. The van der Waals surface area contributed by atoms with Gasteiger partial charge in [0.2, 0.25) is 5.91 Å². The monoisotopic (exact) mass is 217 g/mol. The molecule has 0 atom stereocenters. The molecule has 0 aliphatic rings. The summed E-state index contributed by atoms with van der Waals surface area (Å²) in [7, 11) is -2.21. The second kappa shape index (κ2) is 6.75. The van der Waals surface area contributed by atoms with E-state index in [-0.39, 0.29) is 5.91 Å². The van der Waals surface area contributed by atoms with E-state index in [1.807, 2.05) is 20.4 Å². The van der Waals surface area contributed by atoms with Gasteiger partial charge in [-0.15, -0.1) is 0 Å². The first kappa shape index (κ1) is 13.3. The lowest BCUT2D eigenvalue weighted by Crippen LogP contribution is -2.50. The van der Waals surface area contributed by atoms with Gasteiger partial charge in [0.25, 0.3) is 0 Å². The fourth-order valence-corrected chi connectivity index (χ4v) is 3.08. The first-order chi connectivity index (χ1) is 6.58. The van der Waals surface area contributed by atoms with Crippen molar-refractivity contribution in [2.24, 2.45) is 0 Å². The third-order valence-electron chi connectivity index (χ3n) is 1.67. The van der Waals surface area contributed by atoms with Gasteiger partial charge in [-0.1, -0.05) is 6.58 Å². The molecule has 4 nitrogen and oxygen atoms in total. The lowest BCUT2D eigenvalue weighted by Gasteiger charge is -2.25. The van der Waals surface area contributed by atoms with E-state index in [0.29, 0.717) is 19.4 Å². The van der Waals surface area contributed by atoms with Gasteiger partial charge in [0.15, 0.2) is 0 Å². The smallest absolute Gasteiger partial charge is 0.354 e. The fourth-order valence-electron chi connectivity index (χ4n) is 1.07. The molecule has 0 aliphatic carbocycles. The molecule has 0 bridgehead atoms. The summed E-state index contributed by atoms with van der Waals surface area (Å²) in [5, 5.41) is 2.70. The van der Waals surface area contributed by atoms with Crippen LogP contribution in [0.5, 0.6) is 0 Å². The zero-order valence-electron chi connectivity index (χ0n) is 9.13. The van der Waals surface area contributed by atoms with Crippen LogP contribution in [0.4, 0.5) is 0 Å². The van der Waals surface area contributed by atoms with Gasteiger partial charge in [0.05, 0.1) is 6.17 Å². The van der Waals surface area contributed by atoms with E-state index in [2.05, 4.69) is 11.9 Å². The summed E-state index contributed by atoms with van der Waals surface area (Å²) >= 11 is 0. The SMILES string of the molecule is C=CC(=O)NC[Si](C)(OCC)OCC. The second-order valence-electron chi connectivity index (χ2n) is 2.92. The Morgan fingerprint density at radius 1 is 1.43 bits per heavy atom. The molecular weight excluding hydrogens is 198 g/mol. The normalized spacial score (nSPS) is 11.1. The summed E-state index contributed by atoms with van der Waals surface area (Å²) in [5.74, 6) is -0.192. The summed E-state index contributed by atoms with van der Waals surface area (Å²) < 4.78 is 11.1. The predicted octanol–water partition coefficient (Wildman–Crippen LogP) is 0.973. The van der Waals surface area contributed by atoms with Gasteiger partial charge in [0, 0.05) is 13.2 Å². The minimum absolute atomic E-state index is 0.192. The van der Waals surface area contributed by atoms with Gasteiger partial charge in [-0.2, -0.15) is 0 Å². The van der Waals surface area contributed by atoms with Gasteiger partial charge in [0.1, 0.15) is 0 Å². The van der Waals surface area contributed by atoms with E-state index < -0.39 is 8.56 Å². The van der Waals surface area contributed by atoms with Gasteiger partial charge >= 0.3 is 8.56 Å². The van der Waals surface area contributed by atoms with Crippen LogP contribution in [0.15, 0.2) is 12.7 Å². The van der Waals surface area contributed by atoms with Crippen molar-refractivity contribution in [2.45, 2.75) is 20.4 Å². The highest BCUT2D eigenvalue weighted by Crippen LogP contribution is 2.05. The summed E-state index contributed by atoms with van der Waals surface area (Å²) in [4.78, 5) is 10.9. The van der Waals surface area contributed by atoms with Crippen LogP contribution in [-0.4, -0.2) is 33.8 Å². The molecule has 0 unspecified atom stereocenters. The van der Waals surface area contributed by atoms with E-state index in [1.54, 1.807) is 0 Å². The molecule has 1 N–H and O–H groups in total. The average Bonchev–Trinajstić information content (AvgIpc) is 2.15. The minimum Gasteiger partial charge on any atom is -0.394 e. The molecule has 0 aliphatic heterocycles. The molecule has 82 valence electrons. The Balaban J connectivity index is 4.07. The highest BCUT2D eigenvalue weighted by Gasteiger charge is 2.30. The Morgan fingerprint density at radius 3 is 2.29 bits per heavy atom. The molecule has 0 saturated heterocycles. The molecule has 5 heteroatoms. The second-order valence-corrected chi connectivity index (χ2v) is 6.12. The molecule has 0 aromatic rings. The number of nitrogens with one attached hydrogen (secondary N) is 1. The molecule has 1 amide bonds. The molecule has 0 rings (SSSR count). The average molecular weight is 217 g/mol. The first-order valence-corrected chi connectivity index (χ1v) is 7.28. The van der Waals surface area contributed by atoms with Gasteiger partial charge in [-0.05, 0) is 26.5 Å². The molecule has 0 saturated carbocycles. The largest absolute Gasteiger partial charge is 0.394 e. The Bertz CT molecular complexity index is 190. The van der Waals surface area contributed by atoms with Crippen LogP contribution < -0.4 is 5.32 Å².